The summed E-state index contributed by atoms with van der Waals surface area (Å²) in [6.07, 6.45) is 1.73. The Morgan fingerprint density at radius 3 is 3.20 bits per heavy atom. The quantitative estimate of drug-likeness (QED) is 0.745. The number of ether oxygens (including phenoxy) is 1. The molecule has 0 spiro atoms. The Balaban J connectivity index is 2.55. The minimum atomic E-state index is -0.358. The molecule has 0 radical (unpaired) electrons. The van der Waals surface area contributed by atoms with Gasteiger partial charge in [0.1, 0.15) is 5.82 Å². The van der Waals surface area contributed by atoms with Crippen LogP contribution in [0.25, 0.3) is 5.52 Å². The summed E-state index contributed by atoms with van der Waals surface area (Å²) in [7, 11) is 0. The van der Waals surface area contributed by atoms with E-state index < -0.39 is 0 Å². The number of aromatic nitrogens is 2. The van der Waals surface area contributed by atoms with Crippen LogP contribution in [0.15, 0.2) is 24.4 Å². The Morgan fingerprint density at radius 1 is 1.67 bits per heavy atom. The molecule has 0 amide bonds. The van der Waals surface area contributed by atoms with Gasteiger partial charge in [0.15, 0.2) is 0 Å². The lowest BCUT2D eigenvalue weighted by molar-refractivity contribution is 0.0528. The largest absolute Gasteiger partial charge is 0.462 e. The Labute approximate surface area is 86.4 Å². The van der Waals surface area contributed by atoms with E-state index >= 15 is 0 Å². The maximum absolute atomic E-state index is 11.6. The summed E-state index contributed by atoms with van der Waals surface area (Å²) in [5.74, 6) is 0.0229. The van der Waals surface area contributed by atoms with Crippen LogP contribution < -0.4 is 5.73 Å². The van der Waals surface area contributed by atoms with Crippen molar-refractivity contribution in [2.75, 3.05) is 12.3 Å². The van der Waals surface area contributed by atoms with Gasteiger partial charge in [-0.1, -0.05) is 0 Å². The molecule has 0 aliphatic heterocycles. The number of esters is 1. The molecular formula is C10H11N3O2. The fourth-order valence-electron chi connectivity index (χ4n) is 1.42. The molecule has 0 atom stereocenters. The van der Waals surface area contributed by atoms with Crippen molar-refractivity contribution in [2.24, 2.45) is 0 Å². The first-order valence-corrected chi connectivity index (χ1v) is 4.63. The lowest BCUT2D eigenvalue weighted by Gasteiger charge is -2.02. The Hall–Kier alpha value is -2.04. The summed E-state index contributed by atoms with van der Waals surface area (Å²) in [4.78, 5) is 11.6. The number of fused-ring (bicyclic) bond motifs is 1. The van der Waals surface area contributed by atoms with E-state index in [0.717, 1.165) is 0 Å². The summed E-state index contributed by atoms with van der Waals surface area (Å²) in [5.41, 5.74) is 6.69. The van der Waals surface area contributed by atoms with Gasteiger partial charge in [0, 0.05) is 12.3 Å². The molecule has 0 unspecified atom stereocenters. The average molecular weight is 205 g/mol. The van der Waals surface area contributed by atoms with Crippen LogP contribution in [0.4, 0.5) is 5.82 Å². The molecule has 0 saturated heterocycles. The molecule has 5 nitrogen and oxygen atoms in total. The predicted molar refractivity (Wildman–Crippen MR) is 55.6 cm³/mol. The maximum atomic E-state index is 11.6. The topological polar surface area (TPSA) is 69.6 Å². The molecule has 5 heteroatoms. The molecular weight excluding hydrogens is 194 g/mol. The fourth-order valence-corrected chi connectivity index (χ4v) is 1.42. The number of nitrogen functional groups attached to an aromatic ring is 1. The van der Waals surface area contributed by atoms with E-state index in [-0.39, 0.29) is 5.97 Å². The number of carbonyl (C=O) groups is 1. The highest BCUT2D eigenvalue weighted by Crippen LogP contribution is 2.14. The van der Waals surface area contributed by atoms with Gasteiger partial charge in [-0.3, -0.25) is 0 Å². The zero-order chi connectivity index (χ0) is 10.8. The van der Waals surface area contributed by atoms with Gasteiger partial charge in [-0.2, -0.15) is 5.10 Å². The number of nitrogens with zero attached hydrogens (tertiary/aromatic N) is 2. The average Bonchev–Trinajstić information content (AvgIpc) is 2.57. The lowest BCUT2D eigenvalue weighted by atomic mass is 10.2. The molecule has 15 heavy (non-hydrogen) atoms. The van der Waals surface area contributed by atoms with Gasteiger partial charge < -0.3 is 10.5 Å². The highest BCUT2D eigenvalue weighted by Gasteiger charge is 2.12. The summed E-state index contributed by atoms with van der Waals surface area (Å²) in [5, 5.41) is 4.00. The summed E-state index contributed by atoms with van der Waals surface area (Å²) < 4.78 is 6.48. The smallest absolute Gasteiger partial charge is 0.340 e. The number of hydrogen-bond donors (Lipinski definition) is 1. The Morgan fingerprint density at radius 2 is 2.47 bits per heavy atom. The van der Waals surface area contributed by atoms with Gasteiger partial charge in [-0.15, -0.1) is 0 Å². The normalized spacial score (nSPS) is 10.5. The fraction of sp³-hybridized carbons (Fsp3) is 0.200. The van der Waals surface area contributed by atoms with Crippen LogP contribution in [-0.2, 0) is 4.74 Å². The number of rotatable bonds is 2. The predicted octanol–water partition coefficient (Wildman–Crippen LogP) is 1.09. The summed E-state index contributed by atoms with van der Waals surface area (Å²) >= 11 is 0. The second-order valence-corrected chi connectivity index (χ2v) is 3.04. The van der Waals surface area contributed by atoms with Crippen molar-refractivity contribution in [3.8, 4) is 0 Å². The van der Waals surface area contributed by atoms with Crippen molar-refractivity contribution in [1.29, 1.82) is 0 Å². The highest BCUT2D eigenvalue weighted by atomic mass is 16.5. The van der Waals surface area contributed by atoms with Crippen LogP contribution in [-0.4, -0.2) is 22.2 Å². The summed E-state index contributed by atoms with van der Waals surface area (Å²) in [6, 6.07) is 5.06. The van der Waals surface area contributed by atoms with E-state index in [1.807, 2.05) is 0 Å². The molecule has 0 aliphatic carbocycles. The highest BCUT2D eigenvalue weighted by molar-refractivity contribution is 5.97. The number of hydrogen-bond acceptors (Lipinski definition) is 4. The molecule has 78 valence electrons. The van der Waals surface area contributed by atoms with Crippen molar-refractivity contribution in [1.82, 2.24) is 9.61 Å². The first-order chi connectivity index (χ1) is 7.22. The van der Waals surface area contributed by atoms with Crippen molar-refractivity contribution in [2.45, 2.75) is 6.92 Å². The van der Waals surface area contributed by atoms with Crippen LogP contribution in [0.5, 0.6) is 0 Å². The minimum absolute atomic E-state index is 0.351. The van der Waals surface area contributed by atoms with E-state index in [2.05, 4.69) is 5.10 Å². The van der Waals surface area contributed by atoms with Gasteiger partial charge in [0.05, 0.1) is 17.7 Å². The first-order valence-electron chi connectivity index (χ1n) is 4.63. The molecule has 0 aromatic carbocycles. The van der Waals surface area contributed by atoms with Crippen LogP contribution in [0.1, 0.15) is 17.3 Å². The first kappa shape index (κ1) is 9.51. The molecule has 2 aromatic rings. The SMILES string of the molecule is CCOC(=O)c1cccn2nc(N)cc12. The van der Waals surface area contributed by atoms with E-state index in [4.69, 9.17) is 10.5 Å². The van der Waals surface area contributed by atoms with Crippen molar-refractivity contribution < 1.29 is 9.53 Å². The Bertz CT molecular complexity index is 504. The van der Waals surface area contributed by atoms with E-state index in [1.54, 1.807) is 35.8 Å². The second kappa shape index (κ2) is 3.61. The zero-order valence-corrected chi connectivity index (χ0v) is 8.30. The van der Waals surface area contributed by atoms with Crippen molar-refractivity contribution >= 4 is 17.3 Å². The standard InChI is InChI=1S/C10H11N3O2/c1-2-15-10(14)7-4-3-5-13-8(7)6-9(11)12-13/h3-6H,2H2,1H3,(H2,11,12). The molecule has 0 bridgehead atoms. The molecule has 0 fully saturated rings. The van der Waals surface area contributed by atoms with Crippen LogP contribution in [0.3, 0.4) is 0 Å². The van der Waals surface area contributed by atoms with Gasteiger partial charge in [0.2, 0.25) is 0 Å². The lowest BCUT2D eigenvalue weighted by Crippen LogP contribution is -2.06. The number of anilines is 1. The van der Waals surface area contributed by atoms with Crippen LogP contribution >= 0.6 is 0 Å². The zero-order valence-electron chi connectivity index (χ0n) is 8.30. The third kappa shape index (κ3) is 1.63. The third-order valence-corrected chi connectivity index (χ3v) is 2.02. The van der Waals surface area contributed by atoms with Crippen LogP contribution in [0, 0.1) is 0 Å². The summed E-state index contributed by atoms with van der Waals surface area (Å²) in [6.45, 7) is 2.12. The van der Waals surface area contributed by atoms with Gasteiger partial charge in [0.25, 0.3) is 0 Å². The van der Waals surface area contributed by atoms with Gasteiger partial charge >= 0.3 is 5.97 Å². The molecule has 2 N–H and O–H groups in total. The van der Waals surface area contributed by atoms with E-state index in [9.17, 15) is 4.79 Å². The molecule has 2 aromatic heterocycles. The third-order valence-electron chi connectivity index (χ3n) is 2.02. The van der Waals surface area contributed by atoms with E-state index in [0.29, 0.717) is 23.5 Å². The van der Waals surface area contributed by atoms with Gasteiger partial charge in [-0.05, 0) is 19.1 Å². The Kier molecular flexibility index (Phi) is 2.29. The number of nitrogens with two attached hydrogens (primary N) is 1. The maximum Gasteiger partial charge on any atom is 0.340 e. The van der Waals surface area contributed by atoms with Crippen molar-refractivity contribution in [3.05, 3.63) is 30.0 Å². The number of carbonyl (C=O) groups excluding carboxylic acids is 1. The molecule has 2 heterocycles. The number of pyridine rings is 1. The minimum Gasteiger partial charge on any atom is -0.462 e. The molecule has 0 aliphatic rings. The monoisotopic (exact) mass is 205 g/mol. The van der Waals surface area contributed by atoms with Crippen molar-refractivity contribution in [3.63, 3.8) is 0 Å². The van der Waals surface area contributed by atoms with Crippen LogP contribution in [0.2, 0.25) is 0 Å². The van der Waals surface area contributed by atoms with E-state index in [1.165, 1.54) is 0 Å². The van der Waals surface area contributed by atoms with Gasteiger partial charge in [-0.25, -0.2) is 9.31 Å². The second-order valence-electron chi connectivity index (χ2n) is 3.04. The molecule has 2 rings (SSSR count). The molecule has 0 saturated carbocycles.